The largest absolute Gasteiger partial charge is 0.299 e. The van der Waals surface area contributed by atoms with Crippen LogP contribution in [0, 0.1) is 11.8 Å². The molecule has 0 radical (unpaired) electrons. The Kier molecular flexibility index (Phi) is 3.09. The number of rotatable bonds is 1. The summed E-state index contributed by atoms with van der Waals surface area (Å²) in [6, 6.07) is 22.0. The van der Waals surface area contributed by atoms with E-state index in [1.165, 1.54) is 39.4 Å². The average molecular weight is 350 g/mol. The van der Waals surface area contributed by atoms with Crippen LogP contribution >= 0.6 is 0 Å². The van der Waals surface area contributed by atoms with Gasteiger partial charge < -0.3 is 0 Å². The summed E-state index contributed by atoms with van der Waals surface area (Å²) < 4.78 is 0. The molecule has 3 atom stereocenters. The van der Waals surface area contributed by atoms with E-state index in [0.29, 0.717) is 24.0 Å². The van der Waals surface area contributed by atoms with Crippen LogP contribution in [0.1, 0.15) is 30.4 Å². The summed E-state index contributed by atoms with van der Waals surface area (Å²) in [4.78, 5) is 12.7. The summed E-state index contributed by atoms with van der Waals surface area (Å²) in [6.45, 7) is 0. The van der Waals surface area contributed by atoms with Gasteiger partial charge >= 0.3 is 0 Å². The van der Waals surface area contributed by atoms with Crippen molar-refractivity contribution in [2.75, 3.05) is 0 Å². The summed E-state index contributed by atoms with van der Waals surface area (Å²) in [5.74, 6) is 1.64. The zero-order valence-corrected chi connectivity index (χ0v) is 15.3. The zero-order valence-electron chi connectivity index (χ0n) is 15.3. The van der Waals surface area contributed by atoms with Gasteiger partial charge in [-0.1, -0.05) is 66.7 Å². The van der Waals surface area contributed by atoms with E-state index in [0.717, 1.165) is 12.8 Å². The molecule has 1 nitrogen and oxygen atoms in total. The van der Waals surface area contributed by atoms with Crippen LogP contribution in [0.2, 0.25) is 0 Å². The first-order valence-electron chi connectivity index (χ1n) is 10.0. The smallest absolute Gasteiger partial charge is 0.138 e. The molecule has 3 unspecified atom stereocenters. The summed E-state index contributed by atoms with van der Waals surface area (Å²) in [5, 5.41) is 2.55. The van der Waals surface area contributed by atoms with Crippen LogP contribution in [0.4, 0.5) is 0 Å². The Hall–Kier alpha value is -2.67. The molecule has 0 N–H and O–H groups in total. The van der Waals surface area contributed by atoms with Crippen molar-refractivity contribution in [2.45, 2.75) is 31.1 Å². The Morgan fingerprint density at radius 1 is 0.852 bits per heavy atom. The van der Waals surface area contributed by atoms with E-state index >= 15 is 0 Å². The summed E-state index contributed by atoms with van der Waals surface area (Å²) in [7, 11) is 0. The number of carbonyl (C=O) groups is 1. The number of benzene rings is 3. The van der Waals surface area contributed by atoms with Gasteiger partial charge in [0.25, 0.3) is 0 Å². The first kappa shape index (κ1) is 15.4. The molecule has 0 aliphatic heterocycles. The molecule has 1 spiro atoms. The number of carbonyl (C=O) groups excluding carboxylic acids is 1. The SMILES string of the molecule is O=C1Cc2cc3cc(-c4ccccc4)ccc3cc2C2(C1)CC1C=CC2C1. The molecule has 2 bridgehead atoms. The maximum Gasteiger partial charge on any atom is 0.138 e. The fourth-order valence-corrected chi connectivity index (χ4v) is 5.95. The van der Waals surface area contributed by atoms with Crippen LogP contribution in [0.15, 0.2) is 72.8 Å². The van der Waals surface area contributed by atoms with Crippen molar-refractivity contribution < 1.29 is 4.79 Å². The third-order valence-electron chi connectivity index (χ3n) is 7.11. The molecule has 3 aliphatic carbocycles. The van der Waals surface area contributed by atoms with Gasteiger partial charge in [-0.3, -0.25) is 4.79 Å². The van der Waals surface area contributed by atoms with Gasteiger partial charge in [0.15, 0.2) is 0 Å². The lowest BCUT2D eigenvalue weighted by atomic mass is 9.62. The minimum Gasteiger partial charge on any atom is -0.299 e. The van der Waals surface area contributed by atoms with Crippen LogP contribution in [-0.2, 0) is 16.6 Å². The topological polar surface area (TPSA) is 17.1 Å². The number of hydrogen-bond acceptors (Lipinski definition) is 1. The van der Waals surface area contributed by atoms with Crippen LogP contribution in [0.5, 0.6) is 0 Å². The van der Waals surface area contributed by atoms with E-state index in [1.807, 2.05) is 0 Å². The quantitative estimate of drug-likeness (QED) is 0.503. The van der Waals surface area contributed by atoms with E-state index in [4.69, 9.17) is 0 Å². The van der Waals surface area contributed by atoms with Crippen LogP contribution in [0.3, 0.4) is 0 Å². The van der Waals surface area contributed by atoms with Crippen LogP contribution < -0.4 is 0 Å². The summed E-state index contributed by atoms with van der Waals surface area (Å²) >= 11 is 0. The zero-order chi connectivity index (χ0) is 18.0. The average Bonchev–Trinajstić information content (AvgIpc) is 3.28. The molecule has 3 aromatic rings. The molecule has 27 heavy (non-hydrogen) atoms. The first-order valence-corrected chi connectivity index (χ1v) is 10.0. The van der Waals surface area contributed by atoms with Gasteiger partial charge in [0.2, 0.25) is 0 Å². The monoisotopic (exact) mass is 350 g/mol. The van der Waals surface area contributed by atoms with Gasteiger partial charge in [-0.15, -0.1) is 0 Å². The highest BCUT2D eigenvalue weighted by Gasteiger charge is 2.52. The van der Waals surface area contributed by atoms with Crippen LogP contribution in [0.25, 0.3) is 21.9 Å². The normalized spacial score (nSPS) is 28.2. The Morgan fingerprint density at radius 3 is 2.52 bits per heavy atom. The van der Waals surface area contributed by atoms with Gasteiger partial charge in [0, 0.05) is 18.3 Å². The summed E-state index contributed by atoms with van der Waals surface area (Å²) in [5.41, 5.74) is 5.27. The third kappa shape index (κ3) is 2.21. The predicted octanol–water partition coefficient (Wildman–Crippen LogP) is 5.86. The molecular weight excluding hydrogens is 328 g/mol. The second-order valence-electron chi connectivity index (χ2n) is 8.68. The Bertz CT molecular complexity index is 1110. The van der Waals surface area contributed by atoms with Crippen LogP contribution in [-0.4, -0.2) is 5.78 Å². The van der Waals surface area contributed by atoms with E-state index in [-0.39, 0.29) is 5.41 Å². The van der Waals surface area contributed by atoms with E-state index < -0.39 is 0 Å². The molecule has 0 saturated heterocycles. The number of hydrogen-bond donors (Lipinski definition) is 0. The predicted molar refractivity (Wildman–Crippen MR) is 110 cm³/mol. The molecule has 1 heteroatoms. The minimum absolute atomic E-state index is 0.0658. The van der Waals surface area contributed by atoms with Crippen molar-refractivity contribution in [1.29, 1.82) is 0 Å². The number of fused-ring (bicyclic) bond motifs is 6. The molecule has 0 heterocycles. The van der Waals surface area contributed by atoms with Crippen molar-refractivity contribution in [3.05, 3.63) is 83.9 Å². The maximum absolute atomic E-state index is 12.7. The lowest BCUT2D eigenvalue weighted by Gasteiger charge is -2.40. The van der Waals surface area contributed by atoms with Gasteiger partial charge in [0.05, 0.1) is 0 Å². The molecule has 3 aliphatic rings. The van der Waals surface area contributed by atoms with E-state index in [2.05, 4.69) is 72.8 Å². The highest BCUT2D eigenvalue weighted by Crippen LogP contribution is 2.58. The molecule has 6 rings (SSSR count). The van der Waals surface area contributed by atoms with Crippen molar-refractivity contribution in [2.24, 2.45) is 11.8 Å². The highest BCUT2D eigenvalue weighted by atomic mass is 16.1. The van der Waals surface area contributed by atoms with E-state index in [9.17, 15) is 4.79 Å². The van der Waals surface area contributed by atoms with Gasteiger partial charge in [-0.2, -0.15) is 0 Å². The molecule has 0 amide bonds. The number of ketones is 1. The standard InChI is InChI=1S/C26H22O/c27-24-13-22-12-21-11-19(18-4-2-1-3-5-18)7-8-20(21)14-25(22)26(16-24)15-17-6-9-23(26)10-17/h1-9,11-12,14,17,23H,10,13,15-16H2. The second kappa shape index (κ2) is 5.42. The molecule has 132 valence electrons. The van der Waals surface area contributed by atoms with Gasteiger partial charge in [-0.05, 0) is 63.8 Å². The molecule has 0 aromatic heterocycles. The Balaban J connectivity index is 1.53. The van der Waals surface area contributed by atoms with Gasteiger partial charge in [0.1, 0.15) is 5.78 Å². The number of Topliss-reactive ketones (excluding diaryl/α,β-unsaturated/α-hetero) is 1. The van der Waals surface area contributed by atoms with Crippen molar-refractivity contribution in [3.63, 3.8) is 0 Å². The minimum atomic E-state index is 0.0658. The highest BCUT2D eigenvalue weighted by molar-refractivity contribution is 5.92. The number of allylic oxidation sites excluding steroid dienone is 2. The second-order valence-corrected chi connectivity index (χ2v) is 8.68. The summed E-state index contributed by atoms with van der Waals surface area (Å²) in [6.07, 6.45) is 8.49. The maximum atomic E-state index is 12.7. The molecule has 1 fully saturated rings. The fraction of sp³-hybridized carbons (Fsp3) is 0.269. The lowest BCUT2D eigenvalue weighted by Crippen LogP contribution is -2.38. The van der Waals surface area contributed by atoms with E-state index in [1.54, 1.807) is 0 Å². The lowest BCUT2D eigenvalue weighted by molar-refractivity contribution is -0.120. The molecule has 1 saturated carbocycles. The van der Waals surface area contributed by atoms with Crippen molar-refractivity contribution in [1.82, 2.24) is 0 Å². The fourth-order valence-electron chi connectivity index (χ4n) is 5.95. The van der Waals surface area contributed by atoms with Crippen molar-refractivity contribution >= 4 is 16.6 Å². The Labute approximate surface area is 159 Å². The Morgan fingerprint density at radius 2 is 1.74 bits per heavy atom. The van der Waals surface area contributed by atoms with Crippen molar-refractivity contribution in [3.8, 4) is 11.1 Å². The molecule has 3 aromatic carbocycles. The molecular formula is C26H22O. The first-order chi connectivity index (χ1) is 13.2. The van der Waals surface area contributed by atoms with Gasteiger partial charge in [-0.25, -0.2) is 0 Å². The third-order valence-corrected chi connectivity index (χ3v) is 7.11.